The number of hydrogen-bond acceptors (Lipinski definition) is 5. The first-order chi connectivity index (χ1) is 31.5. The van der Waals surface area contributed by atoms with Gasteiger partial charge in [-0.25, -0.2) is 0 Å². The van der Waals surface area contributed by atoms with Crippen molar-refractivity contribution in [3.8, 4) is 0 Å². The Hall–Kier alpha value is -1.21. The Kier molecular flexibility index (Phi) is 51.8. The highest BCUT2D eigenvalue weighted by molar-refractivity contribution is 5.80. The van der Waals surface area contributed by atoms with Gasteiger partial charge in [-0.3, -0.25) is 4.79 Å². The maximum absolute atomic E-state index is 12.6. The Bertz CT molecular complexity index is 970. The minimum Gasteiger partial charge on any atom is -0.394 e. The monoisotopic (exact) mass is 904 g/mol. The van der Waals surface area contributed by atoms with Crippen LogP contribution in [0.1, 0.15) is 309 Å². The molecule has 4 unspecified atom stereocenters. The average molecular weight is 905 g/mol. The van der Waals surface area contributed by atoms with Crippen LogP contribution < -0.4 is 5.32 Å². The predicted molar refractivity (Wildman–Crippen MR) is 279 cm³/mol. The van der Waals surface area contributed by atoms with E-state index in [0.717, 1.165) is 38.5 Å². The lowest BCUT2D eigenvalue weighted by Crippen LogP contribution is -2.53. The molecule has 380 valence electrons. The molecule has 0 aliphatic heterocycles. The van der Waals surface area contributed by atoms with E-state index in [2.05, 4.69) is 43.5 Å². The van der Waals surface area contributed by atoms with Crippen LogP contribution in [0.5, 0.6) is 0 Å². The molecule has 5 N–H and O–H groups in total. The first kappa shape index (κ1) is 62.8. The highest BCUT2D eigenvalue weighted by Gasteiger charge is 2.28. The van der Waals surface area contributed by atoms with Crippen molar-refractivity contribution in [2.45, 2.75) is 334 Å². The molecule has 4 atom stereocenters. The van der Waals surface area contributed by atoms with Crippen LogP contribution in [0.15, 0.2) is 24.3 Å². The van der Waals surface area contributed by atoms with Gasteiger partial charge in [-0.05, 0) is 64.2 Å². The molecule has 0 saturated carbocycles. The van der Waals surface area contributed by atoms with Crippen molar-refractivity contribution in [1.29, 1.82) is 0 Å². The van der Waals surface area contributed by atoms with E-state index in [1.165, 1.54) is 244 Å². The van der Waals surface area contributed by atoms with Crippen LogP contribution in [0.2, 0.25) is 0 Å². The van der Waals surface area contributed by atoms with Gasteiger partial charge in [-0.15, -0.1) is 0 Å². The maximum atomic E-state index is 12.6. The topological polar surface area (TPSA) is 110 Å². The Morgan fingerprint density at radius 2 is 0.641 bits per heavy atom. The van der Waals surface area contributed by atoms with Crippen LogP contribution in [0, 0.1) is 0 Å². The third-order valence-corrected chi connectivity index (χ3v) is 13.6. The van der Waals surface area contributed by atoms with Gasteiger partial charge >= 0.3 is 0 Å². The van der Waals surface area contributed by atoms with E-state index in [1.807, 2.05) is 0 Å². The van der Waals surface area contributed by atoms with Gasteiger partial charge in [0.05, 0.1) is 18.8 Å². The number of aliphatic hydroxyl groups is 4. The number of rotatable bonds is 53. The van der Waals surface area contributed by atoms with E-state index in [0.29, 0.717) is 12.8 Å². The largest absolute Gasteiger partial charge is 0.394 e. The van der Waals surface area contributed by atoms with Gasteiger partial charge < -0.3 is 25.7 Å². The lowest BCUT2D eigenvalue weighted by Gasteiger charge is -2.27. The van der Waals surface area contributed by atoms with Crippen molar-refractivity contribution in [1.82, 2.24) is 5.32 Å². The molecule has 0 radical (unpaired) electrons. The van der Waals surface area contributed by atoms with Gasteiger partial charge in [0.25, 0.3) is 0 Å². The summed E-state index contributed by atoms with van der Waals surface area (Å²) in [6, 6.07) is -1.00. The second-order valence-corrected chi connectivity index (χ2v) is 20.0. The Morgan fingerprint density at radius 1 is 0.375 bits per heavy atom. The fraction of sp³-hybridized carbons (Fsp3) is 0.914. The number of amides is 1. The number of unbranched alkanes of at least 4 members (excludes halogenated alkanes) is 40. The van der Waals surface area contributed by atoms with Crippen LogP contribution in [-0.4, -0.2) is 57.3 Å². The highest BCUT2D eigenvalue weighted by Crippen LogP contribution is 2.17. The van der Waals surface area contributed by atoms with E-state index in [9.17, 15) is 25.2 Å². The van der Waals surface area contributed by atoms with Crippen molar-refractivity contribution < 1.29 is 25.2 Å². The summed E-state index contributed by atoms with van der Waals surface area (Å²) in [5.74, 6) is -0.589. The van der Waals surface area contributed by atoms with E-state index in [-0.39, 0.29) is 0 Å². The normalized spacial score (nSPS) is 13.9. The molecule has 0 spiro atoms. The van der Waals surface area contributed by atoms with Gasteiger partial charge in [0.15, 0.2) is 0 Å². The molecule has 6 nitrogen and oxygen atoms in total. The molecule has 6 heteroatoms. The molecular formula is C58H113NO5. The summed E-state index contributed by atoms with van der Waals surface area (Å²) in [5, 5.41) is 43.9. The minimum absolute atomic E-state index is 0.366. The fourth-order valence-corrected chi connectivity index (χ4v) is 9.11. The van der Waals surface area contributed by atoms with Gasteiger partial charge in [0, 0.05) is 0 Å². The molecule has 0 saturated heterocycles. The summed E-state index contributed by atoms with van der Waals surface area (Å²) in [7, 11) is 0. The molecule has 0 aromatic heterocycles. The van der Waals surface area contributed by atoms with Crippen LogP contribution in [0.3, 0.4) is 0 Å². The third kappa shape index (κ3) is 45.9. The molecule has 0 heterocycles. The molecular weight excluding hydrogens is 791 g/mol. The van der Waals surface area contributed by atoms with Crippen LogP contribution in [-0.2, 0) is 4.79 Å². The second-order valence-electron chi connectivity index (χ2n) is 20.0. The number of hydrogen-bond donors (Lipinski definition) is 5. The fourth-order valence-electron chi connectivity index (χ4n) is 9.11. The van der Waals surface area contributed by atoms with Crippen molar-refractivity contribution >= 4 is 5.91 Å². The first-order valence-electron chi connectivity index (χ1n) is 28.7. The zero-order valence-corrected chi connectivity index (χ0v) is 43.0. The quantitative estimate of drug-likeness (QED) is 0.0308. The van der Waals surface area contributed by atoms with Crippen LogP contribution in [0.25, 0.3) is 0 Å². The summed E-state index contributed by atoms with van der Waals surface area (Å²) < 4.78 is 0. The van der Waals surface area contributed by atoms with Gasteiger partial charge in [0.2, 0.25) is 5.91 Å². The van der Waals surface area contributed by atoms with Crippen LogP contribution >= 0.6 is 0 Å². The molecule has 0 rings (SSSR count). The summed E-state index contributed by atoms with van der Waals surface area (Å²) in [6.07, 6.45) is 64.0. The Morgan fingerprint density at radius 3 is 0.938 bits per heavy atom. The van der Waals surface area contributed by atoms with Gasteiger partial charge in [-0.2, -0.15) is 0 Å². The summed E-state index contributed by atoms with van der Waals surface area (Å²) in [6.45, 7) is 4.07. The van der Waals surface area contributed by atoms with Gasteiger partial charge in [0.1, 0.15) is 12.2 Å². The number of carbonyl (C=O) groups excluding carboxylic acids is 1. The van der Waals surface area contributed by atoms with Crippen molar-refractivity contribution in [2.24, 2.45) is 0 Å². The number of aliphatic hydroxyl groups excluding tert-OH is 4. The molecule has 0 aliphatic carbocycles. The molecule has 0 bridgehead atoms. The summed E-state index contributed by atoms with van der Waals surface area (Å²) in [4.78, 5) is 12.6. The number of carbonyl (C=O) groups is 1. The van der Waals surface area contributed by atoms with E-state index >= 15 is 0 Å². The lowest BCUT2D eigenvalue weighted by molar-refractivity contribution is -0.132. The van der Waals surface area contributed by atoms with E-state index < -0.39 is 36.9 Å². The first-order valence-corrected chi connectivity index (χ1v) is 28.7. The lowest BCUT2D eigenvalue weighted by atomic mass is 10.00. The zero-order valence-electron chi connectivity index (χ0n) is 43.0. The SMILES string of the molecule is CCCCCCCCCCCCCC/C=C\CCCCCCCCCCCCCCCCCC(O)C(=O)NC(CO)C(O)C(O)CCC/C=C/CCCCCCCCCCCCCC. The molecule has 0 aliphatic rings. The Labute approximate surface area is 399 Å². The number of allylic oxidation sites excluding steroid dienone is 4. The summed E-state index contributed by atoms with van der Waals surface area (Å²) >= 11 is 0. The maximum Gasteiger partial charge on any atom is 0.249 e. The molecule has 0 aromatic carbocycles. The number of nitrogens with one attached hydrogen (secondary N) is 1. The molecule has 64 heavy (non-hydrogen) atoms. The highest BCUT2D eigenvalue weighted by atomic mass is 16.3. The zero-order chi connectivity index (χ0) is 46.7. The Balaban J connectivity index is 3.59. The van der Waals surface area contributed by atoms with E-state index in [4.69, 9.17) is 0 Å². The third-order valence-electron chi connectivity index (χ3n) is 13.6. The minimum atomic E-state index is -1.28. The van der Waals surface area contributed by atoms with E-state index in [1.54, 1.807) is 0 Å². The van der Waals surface area contributed by atoms with Gasteiger partial charge in [-0.1, -0.05) is 269 Å². The predicted octanol–water partition coefficient (Wildman–Crippen LogP) is 16.6. The smallest absolute Gasteiger partial charge is 0.249 e. The second kappa shape index (κ2) is 52.8. The molecule has 1 amide bonds. The van der Waals surface area contributed by atoms with Crippen molar-refractivity contribution in [3.05, 3.63) is 24.3 Å². The standard InChI is InChI=1S/C58H113NO5/c1-3-5-7-9-11-13-15-17-19-21-22-23-24-25-26-27-28-29-30-31-32-33-34-36-38-40-42-44-46-48-50-52-56(62)58(64)59-54(53-60)57(63)55(61)51-49-47-45-43-41-39-37-35-20-18-16-14-12-10-8-6-4-2/h25-26,43,45,54-57,60-63H,3-24,27-42,44,46-53H2,1-2H3,(H,59,64)/b26-25-,45-43+. The van der Waals surface area contributed by atoms with Crippen molar-refractivity contribution in [3.63, 3.8) is 0 Å². The summed E-state index contributed by atoms with van der Waals surface area (Å²) in [5.41, 5.74) is 0. The molecule has 0 aromatic rings. The van der Waals surface area contributed by atoms with Crippen molar-refractivity contribution in [2.75, 3.05) is 6.61 Å². The average Bonchev–Trinajstić information content (AvgIpc) is 3.30. The van der Waals surface area contributed by atoms with Crippen LogP contribution in [0.4, 0.5) is 0 Å². The molecule has 0 fully saturated rings.